The monoisotopic (exact) mass is 376 g/mol. The molecule has 1 saturated carbocycles. The third-order valence-corrected chi connectivity index (χ3v) is 7.04. The van der Waals surface area contributed by atoms with Crippen molar-refractivity contribution >= 4 is 10.0 Å². The van der Waals surface area contributed by atoms with E-state index in [1.807, 2.05) is 0 Å². The molecule has 0 spiro atoms. The molecule has 1 saturated heterocycles. The molecule has 1 heterocycles. The molecule has 0 bridgehead atoms. The number of benzene rings is 1. The summed E-state index contributed by atoms with van der Waals surface area (Å²) in [6.45, 7) is 5.01. The molecule has 1 aliphatic carbocycles. The van der Waals surface area contributed by atoms with Crippen molar-refractivity contribution in [3.05, 3.63) is 29.8 Å². The summed E-state index contributed by atoms with van der Waals surface area (Å²) in [7, 11) is -3.76. The van der Waals surface area contributed by atoms with Gasteiger partial charge in [0.05, 0.1) is 10.5 Å². The highest BCUT2D eigenvalue weighted by Gasteiger charge is 2.46. The van der Waals surface area contributed by atoms with Crippen LogP contribution in [0.1, 0.15) is 32.3 Å². The highest BCUT2D eigenvalue weighted by molar-refractivity contribution is 7.89. The Morgan fingerprint density at radius 1 is 1.12 bits per heavy atom. The van der Waals surface area contributed by atoms with Gasteiger partial charge in [0.1, 0.15) is 0 Å². The van der Waals surface area contributed by atoms with E-state index in [1.165, 1.54) is 4.31 Å². The minimum atomic E-state index is -4.47. The smallest absolute Gasteiger partial charge is 0.311 e. The summed E-state index contributed by atoms with van der Waals surface area (Å²) < 4.78 is 64.9. The maximum absolute atomic E-state index is 12.8. The van der Waals surface area contributed by atoms with Gasteiger partial charge in [0, 0.05) is 25.2 Å². The van der Waals surface area contributed by atoms with Gasteiger partial charge in [0.25, 0.3) is 0 Å². The lowest BCUT2D eigenvalue weighted by Crippen LogP contribution is -2.40. The Morgan fingerprint density at radius 2 is 1.76 bits per heavy atom. The zero-order chi connectivity index (χ0) is 18.4. The van der Waals surface area contributed by atoms with E-state index in [0.717, 1.165) is 37.1 Å². The molecular weight excluding hydrogens is 353 g/mol. The third kappa shape index (κ3) is 3.71. The zero-order valence-electron chi connectivity index (χ0n) is 14.3. The largest absolute Gasteiger partial charge is 0.416 e. The number of nitrogens with zero attached hydrogens (tertiary/aromatic N) is 1. The number of fused-ring (bicyclic) bond motifs is 1. The summed E-state index contributed by atoms with van der Waals surface area (Å²) in [6, 6.07) is 4.40. The van der Waals surface area contributed by atoms with Crippen LogP contribution < -0.4 is 5.32 Å². The van der Waals surface area contributed by atoms with Crippen molar-refractivity contribution in [2.24, 2.45) is 11.8 Å². The summed E-state index contributed by atoms with van der Waals surface area (Å²) in [5.74, 6) is 0.590. The van der Waals surface area contributed by atoms with Crippen LogP contribution in [0.5, 0.6) is 0 Å². The normalized spacial score (nSPS) is 27.8. The minimum Gasteiger partial charge on any atom is -0.311 e. The van der Waals surface area contributed by atoms with Crippen LogP contribution in [-0.2, 0) is 16.2 Å². The molecule has 8 heteroatoms. The van der Waals surface area contributed by atoms with Gasteiger partial charge < -0.3 is 5.32 Å². The first kappa shape index (κ1) is 18.7. The molecule has 0 amide bonds. The second-order valence-corrected chi connectivity index (χ2v) is 9.21. The number of nitrogens with one attached hydrogen (secondary N) is 1. The van der Waals surface area contributed by atoms with Crippen LogP contribution in [0, 0.1) is 11.8 Å². The average Bonchev–Trinajstić information content (AvgIpc) is 3.09. The molecule has 2 aliphatic rings. The van der Waals surface area contributed by atoms with E-state index >= 15 is 0 Å². The van der Waals surface area contributed by atoms with E-state index in [-0.39, 0.29) is 10.8 Å². The molecule has 2 fully saturated rings. The molecule has 1 aromatic rings. The Bertz CT molecular complexity index is 716. The highest BCUT2D eigenvalue weighted by Crippen LogP contribution is 2.40. The third-order valence-electron chi connectivity index (χ3n) is 5.19. The lowest BCUT2D eigenvalue weighted by atomic mass is 9.97. The molecule has 1 aliphatic heterocycles. The van der Waals surface area contributed by atoms with Gasteiger partial charge in [-0.1, -0.05) is 13.8 Å². The first-order valence-corrected chi connectivity index (χ1v) is 9.96. The molecule has 2 unspecified atom stereocenters. The molecule has 1 N–H and O–H groups in total. The SMILES string of the molecule is CC(C)NC1CC[C@@H]2CN(S(=O)(=O)c3ccc(C(F)(F)F)cc3)CC12. The fourth-order valence-corrected chi connectivity index (χ4v) is 5.56. The van der Waals surface area contributed by atoms with Crippen LogP contribution in [0.25, 0.3) is 0 Å². The molecule has 0 radical (unpaired) electrons. The van der Waals surface area contributed by atoms with Crippen LogP contribution >= 0.6 is 0 Å². The van der Waals surface area contributed by atoms with Gasteiger partial charge in [-0.25, -0.2) is 8.42 Å². The predicted octanol–water partition coefficient (Wildman–Crippen LogP) is 3.10. The van der Waals surface area contributed by atoms with Crippen LogP contribution in [0.2, 0.25) is 0 Å². The molecule has 140 valence electrons. The average molecular weight is 376 g/mol. The van der Waals surface area contributed by atoms with Gasteiger partial charge in [-0.05, 0) is 48.9 Å². The van der Waals surface area contributed by atoms with Crippen molar-refractivity contribution in [3.63, 3.8) is 0 Å². The van der Waals surface area contributed by atoms with Crippen molar-refractivity contribution in [3.8, 4) is 0 Å². The van der Waals surface area contributed by atoms with E-state index in [1.54, 1.807) is 0 Å². The molecule has 4 nitrogen and oxygen atoms in total. The van der Waals surface area contributed by atoms with Crippen LogP contribution in [0.4, 0.5) is 13.2 Å². The number of hydrogen-bond donors (Lipinski definition) is 1. The van der Waals surface area contributed by atoms with E-state index in [9.17, 15) is 21.6 Å². The number of rotatable bonds is 4. The fraction of sp³-hybridized carbons (Fsp3) is 0.647. The number of halogens is 3. The molecule has 3 atom stereocenters. The number of sulfonamides is 1. The lowest BCUT2D eigenvalue weighted by molar-refractivity contribution is -0.137. The Labute approximate surface area is 146 Å². The van der Waals surface area contributed by atoms with Gasteiger partial charge in [-0.2, -0.15) is 17.5 Å². The van der Waals surface area contributed by atoms with Gasteiger partial charge in [0.15, 0.2) is 0 Å². The Hall–Kier alpha value is -1.12. The van der Waals surface area contributed by atoms with E-state index in [4.69, 9.17) is 0 Å². The standard InChI is InChI=1S/C17H23F3N2O2S/c1-11(2)21-16-8-3-12-9-22(10-15(12)16)25(23,24)14-6-4-13(5-7-14)17(18,19)20/h4-7,11-12,15-16,21H,3,8-10H2,1-2H3/t12-,15?,16?/m1/s1. The predicted molar refractivity (Wildman–Crippen MR) is 88.5 cm³/mol. The quantitative estimate of drug-likeness (QED) is 0.879. The van der Waals surface area contributed by atoms with E-state index in [0.29, 0.717) is 31.1 Å². The molecule has 0 aromatic heterocycles. The highest BCUT2D eigenvalue weighted by atomic mass is 32.2. The topological polar surface area (TPSA) is 49.4 Å². The fourth-order valence-electron chi connectivity index (χ4n) is 4.02. The molecule has 1 aromatic carbocycles. The maximum Gasteiger partial charge on any atom is 0.416 e. The Kier molecular flexibility index (Phi) is 4.89. The first-order chi connectivity index (χ1) is 11.6. The molecule has 25 heavy (non-hydrogen) atoms. The number of hydrogen-bond acceptors (Lipinski definition) is 3. The van der Waals surface area contributed by atoms with Crippen molar-refractivity contribution in [1.82, 2.24) is 9.62 Å². The van der Waals surface area contributed by atoms with Gasteiger partial charge in [0.2, 0.25) is 10.0 Å². The van der Waals surface area contributed by atoms with Gasteiger partial charge >= 0.3 is 6.18 Å². The van der Waals surface area contributed by atoms with E-state index in [2.05, 4.69) is 19.2 Å². The van der Waals surface area contributed by atoms with Crippen molar-refractivity contribution < 1.29 is 21.6 Å². The van der Waals surface area contributed by atoms with Crippen LogP contribution in [-0.4, -0.2) is 37.9 Å². The Balaban J connectivity index is 1.76. The van der Waals surface area contributed by atoms with E-state index < -0.39 is 21.8 Å². The van der Waals surface area contributed by atoms with Gasteiger partial charge in [-0.3, -0.25) is 0 Å². The van der Waals surface area contributed by atoms with Crippen molar-refractivity contribution in [2.75, 3.05) is 13.1 Å². The second-order valence-electron chi connectivity index (χ2n) is 7.27. The lowest BCUT2D eigenvalue weighted by Gasteiger charge is -2.23. The van der Waals surface area contributed by atoms with Crippen molar-refractivity contribution in [2.45, 2.75) is 49.8 Å². The van der Waals surface area contributed by atoms with Crippen LogP contribution in [0.3, 0.4) is 0 Å². The summed E-state index contributed by atoms with van der Waals surface area (Å²) >= 11 is 0. The van der Waals surface area contributed by atoms with Crippen LogP contribution in [0.15, 0.2) is 29.2 Å². The summed E-state index contributed by atoms with van der Waals surface area (Å²) in [5, 5.41) is 3.50. The summed E-state index contributed by atoms with van der Waals surface area (Å²) in [6.07, 6.45) is -2.45. The Morgan fingerprint density at radius 3 is 2.32 bits per heavy atom. The maximum atomic E-state index is 12.8. The van der Waals surface area contributed by atoms with Crippen molar-refractivity contribution in [1.29, 1.82) is 0 Å². The summed E-state index contributed by atoms with van der Waals surface area (Å²) in [5.41, 5.74) is -0.842. The summed E-state index contributed by atoms with van der Waals surface area (Å²) in [4.78, 5) is -0.0751. The van der Waals surface area contributed by atoms with Gasteiger partial charge in [-0.15, -0.1) is 0 Å². The number of alkyl halides is 3. The first-order valence-electron chi connectivity index (χ1n) is 8.52. The molecule has 3 rings (SSSR count). The second kappa shape index (κ2) is 6.55. The zero-order valence-corrected chi connectivity index (χ0v) is 15.1. The molecular formula is C17H23F3N2O2S. The minimum absolute atomic E-state index is 0.0751.